The predicted molar refractivity (Wildman–Crippen MR) is 80.3 cm³/mol. The second-order valence-corrected chi connectivity index (χ2v) is 6.71. The Morgan fingerprint density at radius 3 is 2.84 bits per heavy atom. The zero-order chi connectivity index (χ0) is 13.9. The Bertz CT molecular complexity index is 394. The average Bonchev–Trinajstić information content (AvgIpc) is 2.85. The van der Waals surface area contributed by atoms with Crippen LogP contribution in [0.15, 0.2) is 12.4 Å². The molecule has 1 fully saturated rings. The van der Waals surface area contributed by atoms with Gasteiger partial charge in [0, 0.05) is 12.7 Å². The van der Waals surface area contributed by atoms with E-state index in [2.05, 4.69) is 55.2 Å². The van der Waals surface area contributed by atoms with Gasteiger partial charge in [-0.15, -0.1) is 0 Å². The summed E-state index contributed by atoms with van der Waals surface area (Å²) in [6, 6.07) is 0. The fourth-order valence-electron chi connectivity index (χ4n) is 3.35. The van der Waals surface area contributed by atoms with Gasteiger partial charge in [0.25, 0.3) is 0 Å². The normalized spacial score (nSPS) is 26.5. The van der Waals surface area contributed by atoms with Crippen LogP contribution in [0.4, 0.5) is 0 Å². The fourth-order valence-corrected chi connectivity index (χ4v) is 3.35. The van der Waals surface area contributed by atoms with Crippen LogP contribution in [0.1, 0.15) is 58.4 Å². The molecule has 1 aliphatic rings. The van der Waals surface area contributed by atoms with E-state index in [1.807, 2.05) is 0 Å². The topological polar surface area (TPSA) is 29.9 Å². The molecule has 2 rings (SSSR count). The van der Waals surface area contributed by atoms with Crippen molar-refractivity contribution in [2.75, 3.05) is 13.1 Å². The maximum atomic E-state index is 4.47. The first kappa shape index (κ1) is 14.6. The first-order chi connectivity index (χ1) is 9.05. The Hall–Kier alpha value is -0.830. The van der Waals surface area contributed by atoms with E-state index in [1.165, 1.54) is 24.8 Å². The molecule has 0 bridgehead atoms. The van der Waals surface area contributed by atoms with Crippen LogP contribution in [0.5, 0.6) is 0 Å². The van der Waals surface area contributed by atoms with E-state index in [1.54, 1.807) is 0 Å². The van der Waals surface area contributed by atoms with Crippen molar-refractivity contribution in [3.8, 4) is 0 Å². The Kier molecular flexibility index (Phi) is 4.67. The molecule has 0 aromatic carbocycles. The molecule has 2 atom stereocenters. The molecule has 108 valence electrons. The van der Waals surface area contributed by atoms with Gasteiger partial charge in [-0.1, -0.05) is 20.8 Å². The van der Waals surface area contributed by atoms with Crippen molar-refractivity contribution in [2.45, 2.75) is 59.4 Å². The van der Waals surface area contributed by atoms with Crippen LogP contribution in [0.25, 0.3) is 0 Å². The molecule has 0 spiro atoms. The number of rotatable bonds is 5. The zero-order valence-corrected chi connectivity index (χ0v) is 12.9. The third-order valence-corrected chi connectivity index (χ3v) is 4.60. The van der Waals surface area contributed by atoms with Crippen molar-refractivity contribution in [3.05, 3.63) is 18.0 Å². The molecular formula is C16H29N3. The minimum absolute atomic E-state index is 0.474. The van der Waals surface area contributed by atoms with Gasteiger partial charge >= 0.3 is 0 Å². The molecule has 1 N–H and O–H groups in total. The Morgan fingerprint density at radius 1 is 1.42 bits per heavy atom. The summed E-state index contributed by atoms with van der Waals surface area (Å²) in [7, 11) is 0. The number of hydrogen-bond donors (Lipinski definition) is 1. The molecule has 1 heterocycles. The second-order valence-electron chi connectivity index (χ2n) is 6.71. The molecule has 1 aliphatic carbocycles. The Labute approximate surface area is 117 Å². The Morgan fingerprint density at radius 2 is 2.21 bits per heavy atom. The number of nitrogens with zero attached hydrogens (tertiary/aromatic N) is 2. The van der Waals surface area contributed by atoms with Gasteiger partial charge in [-0.25, -0.2) is 0 Å². The summed E-state index contributed by atoms with van der Waals surface area (Å²) in [6.07, 6.45) is 8.32. The minimum atomic E-state index is 0.474. The van der Waals surface area contributed by atoms with E-state index in [0.717, 1.165) is 25.6 Å². The van der Waals surface area contributed by atoms with Gasteiger partial charge in [0.2, 0.25) is 0 Å². The lowest BCUT2D eigenvalue weighted by Gasteiger charge is -2.40. The highest BCUT2D eigenvalue weighted by Gasteiger charge is 2.35. The molecular weight excluding hydrogens is 234 g/mol. The van der Waals surface area contributed by atoms with Gasteiger partial charge < -0.3 is 5.32 Å². The molecule has 19 heavy (non-hydrogen) atoms. The molecule has 1 saturated carbocycles. The molecule has 0 radical (unpaired) electrons. The molecule has 3 nitrogen and oxygen atoms in total. The highest BCUT2D eigenvalue weighted by Crippen LogP contribution is 2.46. The van der Waals surface area contributed by atoms with E-state index in [9.17, 15) is 0 Å². The van der Waals surface area contributed by atoms with Gasteiger partial charge in [-0.05, 0) is 62.1 Å². The summed E-state index contributed by atoms with van der Waals surface area (Å²) in [5, 5.41) is 8.01. The zero-order valence-electron chi connectivity index (χ0n) is 12.9. The summed E-state index contributed by atoms with van der Waals surface area (Å²) >= 11 is 0. The van der Waals surface area contributed by atoms with E-state index in [0.29, 0.717) is 11.3 Å². The van der Waals surface area contributed by atoms with Crippen LogP contribution < -0.4 is 5.32 Å². The van der Waals surface area contributed by atoms with Crippen LogP contribution in [0.2, 0.25) is 0 Å². The van der Waals surface area contributed by atoms with Crippen LogP contribution in [-0.4, -0.2) is 22.9 Å². The third kappa shape index (κ3) is 3.59. The summed E-state index contributed by atoms with van der Waals surface area (Å²) in [5.41, 5.74) is 1.92. The first-order valence-electron chi connectivity index (χ1n) is 7.79. The molecule has 2 unspecified atom stereocenters. The number of hydrogen-bond acceptors (Lipinski definition) is 2. The lowest BCUT2D eigenvalue weighted by molar-refractivity contribution is 0.160. The molecule has 1 aromatic rings. The van der Waals surface area contributed by atoms with E-state index >= 15 is 0 Å². The Balaban J connectivity index is 2.14. The summed E-state index contributed by atoms with van der Waals surface area (Å²) < 4.78 is 2.06. The summed E-state index contributed by atoms with van der Waals surface area (Å²) in [6.45, 7) is 12.3. The third-order valence-electron chi connectivity index (χ3n) is 4.60. The maximum Gasteiger partial charge on any atom is 0.0524 e. The quantitative estimate of drug-likeness (QED) is 0.882. The van der Waals surface area contributed by atoms with Crippen LogP contribution in [0, 0.1) is 11.3 Å². The molecule has 0 saturated heterocycles. The van der Waals surface area contributed by atoms with Crippen molar-refractivity contribution in [1.29, 1.82) is 0 Å². The van der Waals surface area contributed by atoms with Gasteiger partial charge in [-0.3, -0.25) is 4.68 Å². The smallest absolute Gasteiger partial charge is 0.0524 e. The summed E-state index contributed by atoms with van der Waals surface area (Å²) in [5.74, 6) is 1.44. The molecule has 0 aliphatic heterocycles. The largest absolute Gasteiger partial charge is 0.317 e. The predicted octanol–water partition coefficient (Wildman–Crippen LogP) is 3.42. The van der Waals surface area contributed by atoms with Crippen molar-refractivity contribution in [3.63, 3.8) is 0 Å². The molecule has 0 amide bonds. The van der Waals surface area contributed by atoms with Crippen molar-refractivity contribution in [1.82, 2.24) is 15.1 Å². The molecule has 1 aromatic heterocycles. The van der Waals surface area contributed by atoms with Gasteiger partial charge in [-0.2, -0.15) is 5.10 Å². The lowest BCUT2D eigenvalue weighted by atomic mass is 9.65. The van der Waals surface area contributed by atoms with Crippen LogP contribution >= 0.6 is 0 Å². The number of aryl methyl sites for hydroxylation is 1. The van der Waals surface area contributed by atoms with Gasteiger partial charge in [0.05, 0.1) is 6.20 Å². The highest BCUT2D eigenvalue weighted by atomic mass is 15.3. The van der Waals surface area contributed by atoms with E-state index in [-0.39, 0.29) is 0 Å². The van der Waals surface area contributed by atoms with Crippen LogP contribution in [-0.2, 0) is 6.54 Å². The first-order valence-corrected chi connectivity index (χ1v) is 7.79. The monoisotopic (exact) mass is 263 g/mol. The minimum Gasteiger partial charge on any atom is -0.317 e. The average molecular weight is 263 g/mol. The maximum absolute atomic E-state index is 4.47. The fraction of sp³-hybridized carbons (Fsp3) is 0.812. The van der Waals surface area contributed by atoms with E-state index < -0.39 is 0 Å². The summed E-state index contributed by atoms with van der Waals surface area (Å²) in [4.78, 5) is 0. The van der Waals surface area contributed by atoms with Crippen molar-refractivity contribution < 1.29 is 0 Å². The SMILES string of the molecule is CCNCC1CCC(C)(C)CC1c1cnn(CC)c1. The van der Waals surface area contributed by atoms with E-state index in [4.69, 9.17) is 0 Å². The van der Waals surface area contributed by atoms with Gasteiger partial charge in [0.15, 0.2) is 0 Å². The number of aromatic nitrogens is 2. The number of nitrogens with one attached hydrogen (secondary N) is 1. The standard InChI is InChI=1S/C16H29N3/c1-5-17-10-13-7-8-16(3,4)9-15(13)14-11-18-19(6-2)12-14/h11-13,15,17H,5-10H2,1-4H3. The van der Waals surface area contributed by atoms with Crippen molar-refractivity contribution >= 4 is 0 Å². The second kappa shape index (κ2) is 6.08. The molecule has 3 heteroatoms. The van der Waals surface area contributed by atoms with Crippen LogP contribution in [0.3, 0.4) is 0 Å². The highest BCUT2D eigenvalue weighted by molar-refractivity contribution is 5.15. The van der Waals surface area contributed by atoms with Gasteiger partial charge in [0.1, 0.15) is 0 Å². The van der Waals surface area contributed by atoms with Crippen molar-refractivity contribution in [2.24, 2.45) is 11.3 Å². The lowest BCUT2D eigenvalue weighted by Crippen LogP contribution is -2.34.